The van der Waals surface area contributed by atoms with E-state index in [1.807, 2.05) is 13.0 Å². The summed E-state index contributed by atoms with van der Waals surface area (Å²) < 4.78 is 1.02. The van der Waals surface area contributed by atoms with Crippen molar-refractivity contribution in [2.45, 2.75) is 58.0 Å². The highest BCUT2D eigenvalue weighted by Crippen LogP contribution is 2.46. The molecule has 1 atom stereocenters. The molecule has 1 unspecified atom stereocenters. The zero-order valence-electron chi connectivity index (χ0n) is 11.7. The fraction of sp³-hybridized carbons (Fsp3) is 0.667. The van der Waals surface area contributed by atoms with E-state index in [9.17, 15) is 15.0 Å². The Bertz CT molecular complexity index is 458. The van der Waals surface area contributed by atoms with Crippen molar-refractivity contribution < 1.29 is 15.0 Å². The summed E-state index contributed by atoms with van der Waals surface area (Å²) in [6.45, 7) is 2.01. The molecule has 2 rings (SSSR count). The lowest BCUT2D eigenvalue weighted by Crippen LogP contribution is -2.29. The first-order valence-corrected chi connectivity index (χ1v) is 8.68. The lowest BCUT2D eigenvalue weighted by atomic mass is 9.68. The minimum Gasteiger partial charge on any atom is -0.481 e. The standard InChI is InChI=1S/C15H21BrO3S/c1-10-11(16)7-13(20-10)12(17)8-15(9-14(18)19)5-3-2-4-6-15/h7,12,17H,2-6,8-9H2,1H3,(H,18,19). The van der Waals surface area contributed by atoms with E-state index in [-0.39, 0.29) is 11.8 Å². The Labute approximate surface area is 132 Å². The number of aliphatic hydroxyl groups excluding tert-OH is 1. The van der Waals surface area contributed by atoms with Crippen LogP contribution in [0.1, 0.15) is 60.8 Å². The van der Waals surface area contributed by atoms with Gasteiger partial charge in [0.05, 0.1) is 12.5 Å². The molecule has 0 aromatic carbocycles. The largest absolute Gasteiger partial charge is 0.481 e. The van der Waals surface area contributed by atoms with Gasteiger partial charge in [0.15, 0.2) is 0 Å². The lowest BCUT2D eigenvalue weighted by molar-refractivity contribution is -0.141. The van der Waals surface area contributed by atoms with E-state index in [4.69, 9.17) is 0 Å². The van der Waals surface area contributed by atoms with E-state index in [1.165, 1.54) is 6.42 Å². The highest BCUT2D eigenvalue weighted by molar-refractivity contribution is 9.10. The third-order valence-electron chi connectivity index (χ3n) is 4.27. The quantitative estimate of drug-likeness (QED) is 0.801. The van der Waals surface area contributed by atoms with Gasteiger partial charge in [0, 0.05) is 14.2 Å². The molecule has 1 heterocycles. The Morgan fingerprint density at radius 1 is 1.45 bits per heavy atom. The predicted molar refractivity (Wildman–Crippen MR) is 84.1 cm³/mol. The molecule has 2 N–H and O–H groups in total. The van der Waals surface area contributed by atoms with Crippen molar-refractivity contribution in [2.24, 2.45) is 5.41 Å². The molecule has 1 aromatic rings. The number of carbonyl (C=O) groups is 1. The summed E-state index contributed by atoms with van der Waals surface area (Å²) in [6.07, 6.45) is 5.36. The van der Waals surface area contributed by atoms with Gasteiger partial charge >= 0.3 is 5.97 Å². The van der Waals surface area contributed by atoms with Gasteiger partial charge < -0.3 is 10.2 Å². The van der Waals surface area contributed by atoms with Crippen LogP contribution in [0.4, 0.5) is 0 Å². The molecule has 0 bridgehead atoms. The molecular weight excluding hydrogens is 340 g/mol. The second-order valence-corrected chi connectivity index (χ2v) is 8.05. The van der Waals surface area contributed by atoms with Crippen LogP contribution >= 0.6 is 27.3 Å². The van der Waals surface area contributed by atoms with Gasteiger partial charge in [0.2, 0.25) is 0 Å². The molecule has 0 amide bonds. The SMILES string of the molecule is Cc1sc(C(O)CC2(CC(=O)O)CCCCC2)cc1Br. The third-order valence-corrected chi connectivity index (χ3v) is 6.51. The highest BCUT2D eigenvalue weighted by Gasteiger charge is 2.36. The van der Waals surface area contributed by atoms with Crippen LogP contribution in [-0.2, 0) is 4.79 Å². The molecule has 1 aliphatic rings. The van der Waals surface area contributed by atoms with Gasteiger partial charge in [-0.3, -0.25) is 4.79 Å². The normalized spacial score (nSPS) is 19.8. The maximum Gasteiger partial charge on any atom is 0.303 e. The summed E-state index contributed by atoms with van der Waals surface area (Å²) in [4.78, 5) is 13.2. The smallest absolute Gasteiger partial charge is 0.303 e. The first kappa shape index (κ1) is 16.0. The number of aliphatic carboxylic acids is 1. The van der Waals surface area contributed by atoms with Crippen LogP contribution in [-0.4, -0.2) is 16.2 Å². The molecular formula is C15H21BrO3S. The number of halogens is 1. The molecule has 0 spiro atoms. The minimum absolute atomic E-state index is 0.176. The summed E-state index contributed by atoms with van der Waals surface area (Å²) >= 11 is 5.05. The summed E-state index contributed by atoms with van der Waals surface area (Å²) in [5.41, 5.74) is -0.228. The maximum atomic E-state index is 11.2. The van der Waals surface area contributed by atoms with Crippen molar-refractivity contribution >= 4 is 33.2 Å². The van der Waals surface area contributed by atoms with E-state index in [1.54, 1.807) is 11.3 Å². The fourth-order valence-corrected chi connectivity index (χ4v) is 4.78. The topological polar surface area (TPSA) is 57.5 Å². The second kappa shape index (κ2) is 6.58. The molecule has 1 aromatic heterocycles. The summed E-state index contributed by atoms with van der Waals surface area (Å²) in [5.74, 6) is -0.748. The number of carboxylic acids is 1. The van der Waals surface area contributed by atoms with E-state index < -0.39 is 12.1 Å². The van der Waals surface area contributed by atoms with Gasteiger partial charge in [-0.25, -0.2) is 0 Å². The molecule has 0 aliphatic heterocycles. The van der Waals surface area contributed by atoms with E-state index >= 15 is 0 Å². The highest BCUT2D eigenvalue weighted by atomic mass is 79.9. The van der Waals surface area contributed by atoms with Crippen molar-refractivity contribution in [3.63, 3.8) is 0 Å². The number of hydrogen-bond acceptors (Lipinski definition) is 3. The number of aliphatic hydroxyl groups is 1. The average Bonchev–Trinajstić information content (AvgIpc) is 2.69. The van der Waals surface area contributed by atoms with Crippen LogP contribution in [0.2, 0.25) is 0 Å². The van der Waals surface area contributed by atoms with Crippen molar-refractivity contribution in [3.05, 3.63) is 20.3 Å². The van der Waals surface area contributed by atoms with Gasteiger partial charge in [-0.2, -0.15) is 0 Å². The molecule has 1 saturated carbocycles. The number of carboxylic acid groups (broad SMARTS) is 1. The van der Waals surface area contributed by atoms with Crippen LogP contribution < -0.4 is 0 Å². The summed E-state index contributed by atoms with van der Waals surface area (Å²) in [5, 5.41) is 19.7. The summed E-state index contributed by atoms with van der Waals surface area (Å²) in [7, 11) is 0. The van der Waals surface area contributed by atoms with Crippen LogP contribution in [0.5, 0.6) is 0 Å². The zero-order valence-corrected chi connectivity index (χ0v) is 14.1. The predicted octanol–water partition coefficient (Wildman–Crippen LogP) is 4.67. The molecule has 1 aliphatic carbocycles. The monoisotopic (exact) mass is 360 g/mol. The van der Waals surface area contributed by atoms with Crippen LogP contribution in [0, 0.1) is 12.3 Å². The zero-order chi connectivity index (χ0) is 14.8. The van der Waals surface area contributed by atoms with E-state index in [2.05, 4.69) is 15.9 Å². The van der Waals surface area contributed by atoms with Crippen LogP contribution in [0.3, 0.4) is 0 Å². The van der Waals surface area contributed by atoms with Gasteiger partial charge in [-0.05, 0) is 53.6 Å². The van der Waals surface area contributed by atoms with Crippen molar-refractivity contribution in [2.75, 3.05) is 0 Å². The molecule has 0 radical (unpaired) electrons. The Morgan fingerprint density at radius 2 is 2.10 bits per heavy atom. The molecule has 1 fully saturated rings. The van der Waals surface area contributed by atoms with E-state index in [0.717, 1.165) is 39.9 Å². The Morgan fingerprint density at radius 3 is 2.60 bits per heavy atom. The Hall–Kier alpha value is -0.390. The minimum atomic E-state index is -0.748. The lowest BCUT2D eigenvalue weighted by Gasteiger charge is -2.37. The first-order valence-electron chi connectivity index (χ1n) is 7.08. The average molecular weight is 361 g/mol. The fourth-order valence-electron chi connectivity index (χ4n) is 3.23. The maximum absolute atomic E-state index is 11.2. The number of aryl methyl sites for hydroxylation is 1. The van der Waals surface area contributed by atoms with Gasteiger partial charge in [-0.1, -0.05) is 19.3 Å². The number of hydrogen-bond donors (Lipinski definition) is 2. The van der Waals surface area contributed by atoms with E-state index in [0.29, 0.717) is 6.42 Å². The number of thiophene rings is 1. The van der Waals surface area contributed by atoms with Crippen molar-refractivity contribution in [3.8, 4) is 0 Å². The van der Waals surface area contributed by atoms with Crippen molar-refractivity contribution in [1.29, 1.82) is 0 Å². The van der Waals surface area contributed by atoms with Crippen LogP contribution in [0.15, 0.2) is 10.5 Å². The third kappa shape index (κ3) is 3.83. The number of rotatable bonds is 5. The Kier molecular flexibility index (Phi) is 5.26. The van der Waals surface area contributed by atoms with Gasteiger partial charge in [-0.15, -0.1) is 11.3 Å². The van der Waals surface area contributed by atoms with Crippen molar-refractivity contribution in [1.82, 2.24) is 0 Å². The van der Waals surface area contributed by atoms with Gasteiger partial charge in [0.1, 0.15) is 0 Å². The van der Waals surface area contributed by atoms with Gasteiger partial charge in [0.25, 0.3) is 0 Å². The first-order chi connectivity index (χ1) is 9.42. The van der Waals surface area contributed by atoms with Crippen LogP contribution in [0.25, 0.3) is 0 Å². The molecule has 112 valence electrons. The Balaban J connectivity index is 2.12. The molecule has 3 nitrogen and oxygen atoms in total. The molecule has 0 saturated heterocycles. The molecule has 20 heavy (non-hydrogen) atoms. The molecule has 5 heteroatoms. The second-order valence-electron chi connectivity index (χ2n) is 5.90. The summed E-state index contributed by atoms with van der Waals surface area (Å²) in [6, 6.07) is 1.96.